The van der Waals surface area contributed by atoms with Crippen molar-refractivity contribution in [1.82, 2.24) is 5.32 Å². The van der Waals surface area contributed by atoms with E-state index in [4.69, 9.17) is 0 Å². The summed E-state index contributed by atoms with van der Waals surface area (Å²) in [5.74, 6) is 0. The molecule has 1 aromatic rings. The van der Waals surface area contributed by atoms with E-state index in [0.717, 1.165) is 12.8 Å². The Labute approximate surface area is 122 Å². The van der Waals surface area contributed by atoms with Crippen LogP contribution in [0.4, 0.5) is 0 Å². The molecule has 2 rings (SSSR count). The van der Waals surface area contributed by atoms with E-state index in [-0.39, 0.29) is 6.04 Å². The summed E-state index contributed by atoms with van der Waals surface area (Å²) >= 11 is 0. The zero-order valence-electron chi connectivity index (χ0n) is 12.9. The molecule has 0 fully saturated rings. The second-order valence-corrected chi connectivity index (χ2v) is 8.97. The molecule has 0 spiro atoms. The lowest BCUT2D eigenvalue weighted by Crippen LogP contribution is -2.51. The van der Waals surface area contributed by atoms with Gasteiger partial charge in [0.1, 0.15) is 0 Å². The van der Waals surface area contributed by atoms with Crippen LogP contribution in [0.1, 0.15) is 37.0 Å². The molecule has 0 aromatic heterocycles. The molecule has 112 valence electrons. The Bertz CT molecular complexity index is 590. The van der Waals surface area contributed by atoms with E-state index in [1.165, 1.54) is 35.8 Å². The predicted octanol–water partition coefficient (Wildman–Crippen LogP) is 2.13. The van der Waals surface area contributed by atoms with Crippen molar-refractivity contribution in [3.05, 3.63) is 34.9 Å². The monoisotopic (exact) mass is 295 g/mol. The quantitative estimate of drug-likeness (QED) is 0.905. The second-order valence-electron chi connectivity index (χ2n) is 6.38. The summed E-state index contributed by atoms with van der Waals surface area (Å²) in [5, 5.41) is 3.19. The number of sulfone groups is 1. The van der Waals surface area contributed by atoms with Crippen molar-refractivity contribution >= 4 is 9.84 Å². The number of rotatable bonds is 5. The van der Waals surface area contributed by atoms with E-state index < -0.39 is 14.6 Å². The number of aryl methyl sites for hydroxylation is 2. The number of benzene rings is 1. The van der Waals surface area contributed by atoms with Gasteiger partial charge in [-0.25, -0.2) is 8.42 Å². The molecule has 1 aliphatic rings. The Morgan fingerprint density at radius 3 is 2.50 bits per heavy atom. The number of likely N-dealkylation sites (N-methyl/N-ethyl adjacent to an activating group) is 1. The van der Waals surface area contributed by atoms with Crippen molar-refractivity contribution in [3.8, 4) is 0 Å². The SMILES string of the molecule is CNC(Cc1ccc2c(c1)CCC2)C(C)(C)S(C)(=O)=O. The maximum absolute atomic E-state index is 12.0. The van der Waals surface area contributed by atoms with E-state index >= 15 is 0 Å². The molecule has 1 atom stereocenters. The molecule has 4 heteroatoms. The third kappa shape index (κ3) is 2.91. The molecule has 1 aromatic carbocycles. The van der Waals surface area contributed by atoms with Crippen LogP contribution in [0, 0.1) is 0 Å². The Hall–Kier alpha value is -0.870. The van der Waals surface area contributed by atoms with Gasteiger partial charge in [0, 0.05) is 12.3 Å². The van der Waals surface area contributed by atoms with Gasteiger partial charge in [-0.15, -0.1) is 0 Å². The number of hydrogen-bond acceptors (Lipinski definition) is 3. The van der Waals surface area contributed by atoms with Crippen molar-refractivity contribution < 1.29 is 8.42 Å². The zero-order valence-corrected chi connectivity index (χ0v) is 13.7. The van der Waals surface area contributed by atoms with E-state index in [2.05, 4.69) is 23.5 Å². The molecule has 0 aliphatic heterocycles. The molecule has 1 aliphatic carbocycles. The van der Waals surface area contributed by atoms with Crippen LogP contribution in [-0.2, 0) is 29.1 Å². The van der Waals surface area contributed by atoms with Gasteiger partial charge < -0.3 is 5.32 Å². The molecule has 0 heterocycles. The van der Waals surface area contributed by atoms with Gasteiger partial charge >= 0.3 is 0 Å². The second kappa shape index (κ2) is 5.49. The maximum Gasteiger partial charge on any atom is 0.154 e. The van der Waals surface area contributed by atoms with Crippen LogP contribution in [0.2, 0.25) is 0 Å². The lowest BCUT2D eigenvalue weighted by Gasteiger charge is -2.32. The van der Waals surface area contributed by atoms with Crippen molar-refractivity contribution in [3.63, 3.8) is 0 Å². The van der Waals surface area contributed by atoms with Gasteiger partial charge in [-0.1, -0.05) is 18.2 Å². The first-order valence-corrected chi connectivity index (χ1v) is 9.12. The minimum absolute atomic E-state index is 0.0862. The van der Waals surface area contributed by atoms with Crippen LogP contribution in [0.3, 0.4) is 0 Å². The van der Waals surface area contributed by atoms with Gasteiger partial charge in [-0.2, -0.15) is 0 Å². The summed E-state index contributed by atoms with van der Waals surface area (Å²) in [6.07, 6.45) is 5.63. The first-order chi connectivity index (χ1) is 9.25. The molecule has 1 N–H and O–H groups in total. The van der Waals surface area contributed by atoms with Crippen molar-refractivity contribution in [2.24, 2.45) is 0 Å². The first kappa shape index (κ1) is 15.5. The van der Waals surface area contributed by atoms with Gasteiger partial charge in [0.25, 0.3) is 0 Å². The molecule has 1 unspecified atom stereocenters. The predicted molar refractivity (Wildman–Crippen MR) is 83.9 cm³/mol. The fraction of sp³-hybridized carbons (Fsp3) is 0.625. The average molecular weight is 295 g/mol. The van der Waals surface area contributed by atoms with Crippen LogP contribution in [0.15, 0.2) is 18.2 Å². The fourth-order valence-electron chi connectivity index (χ4n) is 2.94. The summed E-state index contributed by atoms with van der Waals surface area (Å²) in [4.78, 5) is 0. The van der Waals surface area contributed by atoms with Crippen molar-refractivity contribution in [1.29, 1.82) is 0 Å². The average Bonchev–Trinajstić information content (AvgIpc) is 2.81. The van der Waals surface area contributed by atoms with Crippen LogP contribution < -0.4 is 5.32 Å². The summed E-state index contributed by atoms with van der Waals surface area (Å²) in [6, 6.07) is 6.52. The van der Waals surface area contributed by atoms with Crippen molar-refractivity contribution in [2.45, 2.75) is 50.3 Å². The number of nitrogens with one attached hydrogen (secondary N) is 1. The van der Waals surface area contributed by atoms with E-state index in [9.17, 15) is 8.42 Å². The topological polar surface area (TPSA) is 46.2 Å². The molecule has 0 saturated carbocycles. The van der Waals surface area contributed by atoms with E-state index in [1.807, 2.05) is 7.05 Å². The molecule has 3 nitrogen and oxygen atoms in total. The minimum atomic E-state index is -3.11. The standard InChI is InChI=1S/C16H25NO2S/c1-16(2,20(4,18)19)15(17-3)11-12-8-9-13-6-5-7-14(13)10-12/h8-10,15,17H,5-7,11H2,1-4H3. The number of hydrogen-bond donors (Lipinski definition) is 1. The van der Waals surface area contributed by atoms with Crippen LogP contribution in [0.5, 0.6) is 0 Å². The maximum atomic E-state index is 12.0. The van der Waals surface area contributed by atoms with Crippen LogP contribution in [0.25, 0.3) is 0 Å². The van der Waals surface area contributed by atoms with Crippen LogP contribution in [-0.4, -0.2) is 32.5 Å². The molecule has 0 saturated heterocycles. The summed E-state index contributed by atoms with van der Waals surface area (Å²) < 4.78 is 23.2. The summed E-state index contributed by atoms with van der Waals surface area (Å²) in [6.45, 7) is 3.60. The summed E-state index contributed by atoms with van der Waals surface area (Å²) in [7, 11) is -1.27. The van der Waals surface area contributed by atoms with Gasteiger partial charge in [0.05, 0.1) is 4.75 Å². The molecular weight excluding hydrogens is 270 g/mol. The smallest absolute Gasteiger partial charge is 0.154 e. The van der Waals surface area contributed by atoms with Gasteiger partial charge in [-0.05, 0) is 63.3 Å². The Morgan fingerprint density at radius 1 is 1.25 bits per heavy atom. The third-order valence-electron chi connectivity index (χ3n) is 4.75. The first-order valence-electron chi connectivity index (χ1n) is 7.23. The molecule has 20 heavy (non-hydrogen) atoms. The van der Waals surface area contributed by atoms with E-state index in [1.54, 1.807) is 13.8 Å². The molecule has 0 amide bonds. The normalized spacial score (nSPS) is 17.0. The minimum Gasteiger partial charge on any atom is -0.315 e. The highest BCUT2D eigenvalue weighted by molar-refractivity contribution is 7.92. The third-order valence-corrected chi connectivity index (χ3v) is 6.94. The highest BCUT2D eigenvalue weighted by atomic mass is 32.2. The Kier molecular flexibility index (Phi) is 4.26. The number of fused-ring (bicyclic) bond motifs is 1. The van der Waals surface area contributed by atoms with E-state index in [0.29, 0.717) is 0 Å². The highest BCUT2D eigenvalue weighted by Gasteiger charge is 2.38. The molecule has 0 bridgehead atoms. The molecular formula is C16H25NO2S. The van der Waals surface area contributed by atoms with Gasteiger partial charge in [0.15, 0.2) is 9.84 Å². The van der Waals surface area contributed by atoms with Crippen LogP contribution >= 0.6 is 0 Å². The Morgan fingerprint density at radius 2 is 1.90 bits per heavy atom. The molecule has 0 radical (unpaired) electrons. The fourth-order valence-corrected chi connectivity index (χ4v) is 3.66. The highest BCUT2D eigenvalue weighted by Crippen LogP contribution is 2.26. The van der Waals surface area contributed by atoms with Crippen molar-refractivity contribution in [2.75, 3.05) is 13.3 Å². The lowest BCUT2D eigenvalue weighted by atomic mass is 9.94. The largest absolute Gasteiger partial charge is 0.315 e. The van der Waals surface area contributed by atoms with Gasteiger partial charge in [0.2, 0.25) is 0 Å². The Balaban J connectivity index is 2.23. The summed E-state index contributed by atoms with van der Waals surface area (Å²) in [5.41, 5.74) is 4.12. The van der Waals surface area contributed by atoms with Gasteiger partial charge in [-0.3, -0.25) is 0 Å². The zero-order chi connectivity index (χ0) is 15.0. The lowest BCUT2D eigenvalue weighted by molar-refractivity contribution is 0.430.